The van der Waals surface area contributed by atoms with E-state index in [9.17, 15) is 4.79 Å². The van der Waals surface area contributed by atoms with E-state index in [4.69, 9.17) is 11.6 Å². The number of halogens is 1. The van der Waals surface area contributed by atoms with Gasteiger partial charge in [0.05, 0.1) is 5.56 Å². The molecule has 0 aliphatic heterocycles. The number of rotatable bonds is 5. The SMILES string of the molecule is CC(C)N(CC1CC1)c1ncnc(Cl)c1C=O. The number of hydrogen-bond donors (Lipinski definition) is 0. The fraction of sp³-hybridized carbons (Fsp3) is 0.583. The van der Waals surface area contributed by atoms with Gasteiger partial charge in [0.1, 0.15) is 17.3 Å². The van der Waals surface area contributed by atoms with E-state index in [2.05, 4.69) is 28.7 Å². The molecule has 1 heterocycles. The molecule has 4 nitrogen and oxygen atoms in total. The molecule has 0 aromatic carbocycles. The van der Waals surface area contributed by atoms with Gasteiger partial charge >= 0.3 is 0 Å². The number of carbonyl (C=O) groups is 1. The zero-order chi connectivity index (χ0) is 12.4. The molecule has 0 saturated heterocycles. The van der Waals surface area contributed by atoms with Crippen molar-refractivity contribution >= 4 is 23.7 Å². The Hall–Kier alpha value is -1.16. The van der Waals surface area contributed by atoms with Gasteiger partial charge in [0.2, 0.25) is 0 Å². The van der Waals surface area contributed by atoms with Gasteiger partial charge in [-0.1, -0.05) is 11.6 Å². The van der Waals surface area contributed by atoms with Crippen molar-refractivity contribution in [3.63, 3.8) is 0 Å². The summed E-state index contributed by atoms with van der Waals surface area (Å²) in [6, 6.07) is 0.292. The van der Waals surface area contributed by atoms with Crippen LogP contribution < -0.4 is 4.90 Å². The van der Waals surface area contributed by atoms with Gasteiger partial charge in [-0.2, -0.15) is 0 Å². The highest BCUT2D eigenvalue weighted by molar-refractivity contribution is 6.32. The molecule has 0 bridgehead atoms. The maximum Gasteiger partial charge on any atom is 0.156 e. The quantitative estimate of drug-likeness (QED) is 0.598. The lowest BCUT2D eigenvalue weighted by molar-refractivity contribution is 0.112. The second-order valence-corrected chi connectivity index (χ2v) is 5.07. The van der Waals surface area contributed by atoms with Gasteiger partial charge < -0.3 is 4.90 Å². The van der Waals surface area contributed by atoms with Crippen molar-refractivity contribution < 1.29 is 4.79 Å². The monoisotopic (exact) mass is 253 g/mol. The standard InChI is InChI=1S/C12H16ClN3O/c1-8(2)16(5-9-3-4-9)12-10(6-17)11(13)14-7-15-12/h6-9H,3-5H2,1-2H3. The molecule has 92 valence electrons. The van der Waals surface area contributed by atoms with Crippen molar-refractivity contribution in [2.24, 2.45) is 5.92 Å². The minimum absolute atomic E-state index is 0.228. The lowest BCUT2D eigenvalue weighted by Gasteiger charge is -2.28. The molecule has 1 aliphatic rings. The van der Waals surface area contributed by atoms with E-state index in [1.54, 1.807) is 0 Å². The Bertz CT molecular complexity index is 418. The molecule has 17 heavy (non-hydrogen) atoms. The first-order valence-corrected chi connectivity index (χ1v) is 6.23. The molecule has 5 heteroatoms. The van der Waals surface area contributed by atoms with E-state index < -0.39 is 0 Å². The molecule has 0 spiro atoms. The highest BCUT2D eigenvalue weighted by Crippen LogP contribution is 2.33. The van der Waals surface area contributed by atoms with Crippen molar-refractivity contribution in [3.8, 4) is 0 Å². The van der Waals surface area contributed by atoms with Crippen LogP contribution in [-0.4, -0.2) is 28.8 Å². The predicted octanol–water partition coefficient (Wildman–Crippen LogP) is 2.57. The summed E-state index contributed by atoms with van der Waals surface area (Å²) in [6.45, 7) is 5.12. The number of aldehydes is 1. The number of anilines is 1. The van der Waals surface area contributed by atoms with E-state index in [1.165, 1.54) is 19.2 Å². The van der Waals surface area contributed by atoms with Crippen molar-refractivity contribution in [1.29, 1.82) is 0 Å². The summed E-state index contributed by atoms with van der Waals surface area (Å²) in [5, 5.41) is 0.228. The molecular formula is C12H16ClN3O. The number of nitrogens with zero attached hydrogens (tertiary/aromatic N) is 3. The first kappa shape index (κ1) is 12.3. The lowest BCUT2D eigenvalue weighted by Crippen LogP contribution is -2.34. The molecule has 0 unspecified atom stereocenters. The van der Waals surface area contributed by atoms with Crippen LogP contribution in [0.1, 0.15) is 37.0 Å². The molecule has 1 fully saturated rings. The van der Waals surface area contributed by atoms with Crippen molar-refractivity contribution in [2.45, 2.75) is 32.7 Å². The summed E-state index contributed by atoms with van der Waals surface area (Å²) in [7, 11) is 0. The van der Waals surface area contributed by atoms with Crippen molar-refractivity contribution in [3.05, 3.63) is 17.0 Å². The van der Waals surface area contributed by atoms with Crippen molar-refractivity contribution in [1.82, 2.24) is 9.97 Å². The summed E-state index contributed by atoms with van der Waals surface area (Å²) in [4.78, 5) is 21.3. The summed E-state index contributed by atoms with van der Waals surface area (Å²) in [5.74, 6) is 1.38. The van der Waals surface area contributed by atoms with Crippen LogP contribution in [-0.2, 0) is 0 Å². The summed E-state index contributed by atoms with van der Waals surface area (Å²) in [6.07, 6.45) is 4.67. The van der Waals surface area contributed by atoms with Gasteiger partial charge in [0, 0.05) is 12.6 Å². The zero-order valence-electron chi connectivity index (χ0n) is 10.1. The summed E-state index contributed by atoms with van der Waals surface area (Å²) < 4.78 is 0. The van der Waals surface area contributed by atoms with Crippen LogP contribution in [0.2, 0.25) is 5.15 Å². The van der Waals surface area contributed by atoms with E-state index in [0.717, 1.165) is 18.7 Å². The molecule has 1 saturated carbocycles. The second-order valence-electron chi connectivity index (χ2n) is 4.71. The van der Waals surface area contributed by atoms with Crippen LogP contribution in [0.5, 0.6) is 0 Å². The Morgan fingerprint density at radius 3 is 2.76 bits per heavy atom. The first-order valence-electron chi connectivity index (χ1n) is 5.85. The summed E-state index contributed by atoms with van der Waals surface area (Å²) >= 11 is 5.92. The van der Waals surface area contributed by atoms with Gasteiger partial charge in [-0.15, -0.1) is 0 Å². The topological polar surface area (TPSA) is 46.1 Å². The highest BCUT2D eigenvalue weighted by atomic mass is 35.5. The fourth-order valence-corrected chi connectivity index (χ4v) is 1.99. The Kier molecular flexibility index (Phi) is 3.62. The van der Waals surface area contributed by atoms with E-state index >= 15 is 0 Å². The maximum absolute atomic E-state index is 11.1. The normalized spacial score (nSPS) is 15.1. The average molecular weight is 254 g/mol. The number of carbonyl (C=O) groups excluding carboxylic acids is 1. The van der Waals surface area contributed by atoms with Gasteiger partial charge in [-0.25, -0.2) is 9.97 Å². The third-order valence-corrected chi connectivity index (χ3v) is 3.28. The fourth-order valence-electron chi connectivity index (χ4n) is 1.82. The Balaban J connectivity index is 2.33. The molecule has 0 radical (unpaired) electrons. The largest absolute Gasteiger partial charge is 0.353 e. The molecular weight excluding hydrogens is 238 g/mol. The average Bonchev–Trinajstić information content (AvgIpc) is 3.09. The van der Waals surface area contributed by atoms with Crippen LogP contribution in [0, 0.1) is 5.92 Å². The Labute approximate surface area is 106 Å². The summed E-state index contributed by atoms with van der Waals surface area (Å²) in [5.41, 5.74) is 0.392. The lowest BCUT2D eigenvalue weighted by atomic mass is 10.2. The maximum atomic E-state index is 11.1. The van der Waals surface area contributed by atoms with Gasteiger partial charge in [-0.3, -0.25) is 4.79 Å². The van der Waals surface area contributed by atoms with Gasteiger partial charge in [0.15, 0.2) is 6.29 Å². The second kappa shape index (κ2) is 5.00. The van der Waals surface area contributed by atoms with E-state index in [0.29, 0.717) is 17.4 Å². The number of hydrogen-bond acceptors (Lipinski definition) is 4. The van der Waals surface area contributed by atoms with Crippen molar-refractivity contribution in [2.75, 3.05) is 11.4 Å². The smallest absolute Gasteiger partial charge is 0.156 e. The van der Waals surface area contributed by atoms with Crippen LogP contribution in [0.3, 0.4) is 0 Å². The molecule has 0 N–H and O–H groups in total. The minimum atomic E-state index is 0.228. The molecule has 1 aromatic rings. The zero-order valence-corrected chi connectivity index (χ0v) is 10.8. The highest BCUT2D eigenvalue weighted by Gasteiger charge is 2.28. The Morgan fingerprint density at radius 1 is 1.53 bits per heavy atom. The third-order valence-electron chi connectivity index (χ3n) is 2.98. The van der Waals surface area contributed by atoms with E-state index in [-0.39, 0.29) is 5.15 Å². The van der Waals surface area contributed by atoms with Crippen LogP contribution in [0.15, 0.2) is 6.33 Å². The van der Waals surface area contributed by atoms with Crippen LogP contribution in [0.4, 0.5) is 5.82 Å². The predicted molar refractivity (Wildman–Crippen MR) is 67.6 cm³/mol. The number of aromatic nitrogens is 2. The van der Waals surface area contributed by atoms with Gasteiger partial charge in [-0.05, 0) is 32.6 Å². The molecule has 2 rings (SSSR count). The van der Waals surface area contributed by atoms with Crippen LogP contribution in [0.25, 0.3) is 0 Å². The molecule has 1 aromatic heterocycles. The minimum Gasteiger partial charge on any atom is -0.353 e. The van der Waals surface area contributed by atoms with E-state index in [1.807, 2.05) is 0 Å². The van der Waals surface area contributed by atoms with Crippen LogP contribution >= 0.6 is 11.6 Å². The molecule has 0 atom stereocenters. The Morgan fingerprint density at radius 2 is 2.24 bits per heavy atom. The third kappa shape index (κ3) is 2.75. The molecule has 0 amide bonds. The molecule has 1 aliphatic carbocycles. The van der Waals surface area contributed by atoms with Gasteiger partial charge in [0.25, 0.3) is 0 Å². The first-order chi connectivity index (χ1) is 8.13.